The van der Waals surface area contributed by atoms with Crippen LogP contribution in [0, 0.1) is 0 Å². The molecule has 2 rings (SSSR count). The summed E-state index contributed by atoms with van der Waals surface area (Å²) >= 11 is 0. The smallest absolute Gasteiger partial charge is 0.317 e. The Kier molecular flexibility index (Phi) is 12.8. The van der Waals surface area contributed by atoms with Crippen LogP contribution in [0.25, 0.3) is 0 Å². The van der Waals surface area contributed by atoms with Gasteiger partial charge in [0.05, 0.1) is 13.2 Å². The fourth-order valence-corrected chi connectivity index (χ4v) is 1.55. The molecule has 0 aromatic heterocycles. The first-order valence-corrected chi connectivity index (χ1v) is 8.05. The summed E-state index contributed by atoms with van der Waals surface area (Å²) in [6.07, 6.45) is 1.82. The van der Waals surface area contributed by atoms with Crippen LogP contribution >= 0.6 is 0 Å². The number of nitrogens with two attached hydrogens (primary N) is 2. The summed E-state index contributed by atoms with van der Waals surface area (Å²) in [5.41, 5.74) is 11.3. The van der Waals surface area contributed by atoms with E-state index in [-0.39, 0.29) is 12.3 Å². The molecular formula is C19H26N2O5. The average molecular weight is 362 g/mol. The van der Waals surface area contributed by atoms with Gasteiger partial charge in [0.2, 0.25) is 0 Å². The average Bonchev–Trinajstić information content (AvgIpc) is 2.68. The van der Waals surface area contributed by atoms with E-state index in [2.05, 4.69) is 12.7 Å². The highest BCUT2D eigenvalue weighted by atomic mass is 16.5. The Bertz CT molecular complexity index is 645. The third kappa shape index (κ3) is 10.8. The number of aldehydes is 1. The molecule has 7 heteroatoms. The highest BCUT2D eigenvalue weighted by molar-refractivity contribution is 5.74. The highest BCUT2D eigenvalue weighted by Gasteiger charge is 1.93. The van der Waals surface area contributed by atoms with Crippen molar-refractivity contribution in [1.82, 2.24) is 0 Å². The van der Waals surface area contributed by atoms with Gasteiger partial charge in [-0.15, -0.1) is 0 Å². The van der Waals surface area contributed by atoms with Crippen LogP contribution in [0.4, 0.5) is 0 Å². The summed E-state index contributed by atoms with van der Waals surface area (Å²) in [4.78, 5) is 19.5. The SMILES string of the molecule is CCCOc1ccc(C=O)cc1.NCC(=O)O.NCc1ccccc1O. The topological polar surface area (TPSA) is 136 Å². The summed E-state index contributed by atoms with van der Waals surface area (Å²) in [6.45, 7) is 2.90. The molecule has 0 aliphatic carbocycles. The van der Waals surface area contributed by atoms with Gasteiger partial charge in [0.25, 0.3) is 0 Å². The van der Waals surface area contributed by atoms with E-state index in [9.17, 15) is 9.59 Å². The summed E-state index contributed by atoms with van der Waals surface area (Å²) < 4.78 is 5.34. The number of carbonyl (C=O) groups is 2. The fourth-order valence-electron chi connectivity index (χ4n) is 1.55. The van der Waals surface area contributed by atoms with Crippen LogP contribution in [-0.4, -0.2) is 35.6 Å². The lowest BCUT2D eigenvalue weighted by atomic mass is 10.2. The Balaban J connectivity index is 0.000000394. The quantitative estimate of drug-likeness (QED) is 0.578. The summed E-state index contributed by atoms with van der Waals surface area (Å²) in [5.74, 6) is 0.132. The Labute approximate surface area is 153 Å². The van der Waals surface area contributed by atoms with Crippen molar-refractivity contribution in [2.45, 2.75) is 19.9 Å². The Morgan fingerprint density at radius 3 is 2.08 bits per heavy atom. The Morgan fingerprint density at radius 1 is 1.12 bits per heavy atom. The molecule has 7 nitrogen and oxygen atoms in total. The van der Waals surface area contributed by atoms with E-state index in [4.69, 9.17) is 20.7 Å². The minimum Gasteiger partial charge on any atom is -0.508 e. The third-order valence-corrected chi connectivity index (χ3v) is 2.88. The van der Waals surface area contributed by atoms with E-state index in [1.54, 1.807) is 42.5 Å². The van der Waals surface area contributed by atoms with Crippen LogP contribution in [0.15, 0.2) is 48.5 Å². The predicted molar refractivity (Wildman–Crippen MR) is 100 cm³/mol. The maximum Gasteiger partial charge on any atom is 0.317 e. The molecule has 0 amide bonds. The molecule has 0 saturated carbocycles. The van der Waals surface area contributed by atoms with Crippen LogP contribution in [0.3, 0.4) is 0 Å². The van der Waals surface area contributed by atoms with Crippen molar-refractivity contribution in [3.63, 3.8) is 0 Å². The number of hydrogen-bond donors (Lipinski definition) is 4. The molecule has 0 aliphatic rings. The highest BCUT2D eigenvalue weighted by Crippen LogP contribution is 2.13. The molecule has 0 bridgehead atoms. The Hall–Kier alpha value is -2.90. The molecule has 0 spiro atoms. The molecule has 0 fully saturated rings. The number of rotatable bonds is 6. The molecular weight excluding hydrogens is 336 g/mol. The van der Waals surface area contributed by atoms with E-state index in [0.29, 0.717) is 12.1 Å². The molecule has 0 atom stereocenters. The second-order valence-electron chi connectivity index (χ2n) is 4.97. The van der Waals surface area contributed by atoms with Gasteiger partial charge in [0.15, 0.2) is 0 Å². The fraction of sp³-hybridized carbons (Fsp3) is 0.263. The number of carboxylic acid groups (broad SMARTS) is 1. The van der Waals surface area contributed by atoms with Gasteiger partial charge >= 0.3 is 5.97 Å². The van der Waals surface area contributed by atoms with Gasteiger partial charge in [0.1, 0.15) is 17.8 Å². The minimum absolute atomic E-state index is 0.278. The number of carboxylic acids is 1. The van der Waals surface area contributed by atoms with E-state index in [1.165, 1.54) is 0 Å². The predicted octanol–water partition coefficient (Wildman–Crippen LogP) is 2.17. The van der Waals surface area contributed by atoms with E-state index in [0.717, 1.165) is 30.6 Å². The number of ether oxygens (including phenoxy) is 1. The van der Waals surface area contributed by atoms with Crippen LogP contribution in [0.1, 0.15) is 29.3 Å². The maximum atomic E-state index is 10.3. The molecule has 0 heterocycles. The maximum absolute atomic E-state index is 10.3. The molecule has 26 heavy (non-hydrogen) atoms. The van der Waals surface area contributed by atoms with Crippen molar-refractivity contribution in [2.75, 3.05) is 13.2 Å². The molecule has 0 saturated heterocycles. The second kappa shape index (κ2) is 14.4. The van der Waals surface area contributed by atoms with Gasteiger partial charge in [0, 0.05) is 17.7 Å². The minimum atomic E-state index is -0.968. The van der Waals surface area contributed by atoms with E-state index >= 15 is 0 Å². The zero-order chi connectivity index (χ0) is 19.8. The third-order valence-electron chi connectivity index (χ3n) is 2.88. The molecule has 2 aromatic carbocycles. The van der Waals surface area contributed by atoms with Crippen molar-refractivity contribution in [3.8, 4) is 11.5 Å². The van der Waals surface area contributed by atoms with Gasteiger partial charge in [-0.1, -0.05) is 25.1 Å². The molecule has 0 radical (unpaired) electrons. The number of aromatic hydroxyl groups is 1. The number of hydrogen-bond acceptors (Lipinski definition) is 6. The number of aliphatic carboxylic acids is 1. The number of phenols is 1. The van der Waals surface area contributed by atoms with E-state index in [1.807, 2.05) is 6.07 Å². The molecule has 142 valence electrons. The van der Waals surface area contributed by atoms with Crippen LogP contribution in [0.2, 0.25) is 0 Å². The molecule has 0 unspecified atom stereocenters. The normalized spacial score (nSPS) is 9.04. The van der Waals surface area contributed by atoms with Gasteiger partial charge in [-0.05, 0) is 36.8 Å². The largest absolute Gasteiger partial charge is 0.508 e. The number of carbonyl (C=O) groups excluding carboxylic acids is 1. The Morgan fingerprint density at radius 2 is 1.69 bits per heavy atom. The first kappa shape index (κ1) is 23.1. The van der Waals surface area contributed by atoms with Crippen LogP contribution in [0.5, 0.6) is 11.5 Å². The summed E-state index contributed by atoms with van der Waals surface area (Å²) in [6, 6.07) is 14.2. The van der Waals surface area contributed by atoms with Crippen molar-refractivity contribution in [2.24, 2.45) is 11.5 Å². The van der Waals surface area contributed by atoms with Gasteiger partial charge in [-0.25, -0.2) is 0 Å². The monoisotopic (exact) mass is 362 g/mol. The first-order valence-electron chi connectivity index (χ1n) is 8.05. The number of phenolic OH excluding ortho intramolecular Hbond substituents is 1. The van der Waals surface area contributed by atoms with Crippen LogP contribution < -0.4 is 16.2 Å². The molecule has 6 N–H and O–H groups in total. The number of para-hydroxylation sites is 1. The lowest BCUT2D eigenvalue weighted by Crippen LogP contribution is -2.10. The molecule has 0 aliphatic heterocycles. The zero-order valence-electron chi connectivity index (χ0n) is 14.8. The van der Waals surface area contributed by atoms with Crippen molar-refractivity contribution >= 4 is 12.3 Å². The van der Waals surface area contributed by atoms with Gasteiger partial charge in [-0.2, -0.15) is 0 Å². The van der Waals surface area contributed by atoms with Gasteiger partial charge in [-0.3, -0.25) is 9.59 Å². The summed E-state index contributed by atoms with van der Waals surface area (Å²) in [7, 11) is 0. The van der Waals surface area contributed by atoms with Crippen molar-refractivity contribution in [1.29, 1.82) is 0 Å². The van der Waals surface area contributed by atoms with E-state index < -0.39 is 5.97 Å². The zero-order valence-corrected chi connectivity index (χ0v) is 14.8. The standard InChI is InChI=1S/C10H12O2.C7H9NO.C2H5NO2/c1-2-7-12-10-5-3-9(8-11)4-6-10;8-5-6-3-1-2-4-7(6)9;3-1-2(4)5/h3-6,8H,2,7H2,1H3;1-4,9H,5,8H2;1,3H2,(H,4,5). The first-order chi connectivity index (χ1) is 12.5. The lowest BCUT2D eigenvalue weighted by Gasteiger charge is -2.02. The second-order valence-corrected chi connectivity index (χ2v) is 4.97. The lowest BCUT2D eigenvalue weighted by molar-refractivity contribution is -0.135. The summed E-state index contributed by atoms with van der Waals surface area (Å²) in [5, 5.41) is 16.6. The number of benzene rings is 2. The van der Waals surface area contributed by atoms with Crippen molar-refractivity contribution in [3.05, 3.63) is 59.7 Å². The van der Waals surface area contributed by atoms with Gasteiger partial charge < -0.3 is 26.4 Å². The molecule has 2 aromatic rings. The van der Waals surface area contributed by atoms with Crippen LogP contribution in [-0.2, 0) is 11.3 Å². The van der Waals surface area contributed by atoms with Crippen molar-refractivity contribution < 1.29 is 24.5 Å².